The van der Waals surface area contributed by atoms with Crippen LogP contribution in [0.4, 0.5) is 21.7 Å². The number of nitrogens with one attached hydrogen (secondary N) is 2. The number of nitrogens with zero attached hydrogens (tertiary/aromatic N) is 8. The minimum Gasteiger partial charge on any atom is -0.368 e. The highest BCUT2D eigenvalue weighted by Gasteiger charge is 2.45. The first kappa shape index (κ1) is 35.2. The van der Waals surface area contributed by atoms with Crippen molar-refractivity contribution in [1.29, 1.82) is 0 Å². The maximum Gasteiger partial charge on any atom is 0.262 e. The summed E-state index contributed by atoms with van der Waals surface area (Å²) < 4.78 is 16.0. The Bertz CT molecular complexity index is 2440. The Hall–Kier alpha value is -6.22. The fraction of sp³-hybridized carbons (Fsp3) is 0.357. The summed E-state index contributed by atoms with van der Waals surface area (Å²) in [6.07, 6.45) is 5.92. The lowest BCUT2D eigenvalue weighted by Gasteiger charge is -2.44. The summed E-state index contributed by atoms with van der Waals surface area (Å²) in [5.74, 6) is -0.483. The molecule has 0 saturated carbocycles. The number of halogens is 1. The Morgan fingerprint density at radius 3 is 2.40 bits per heavy atom. The highest BCUT2D eigenvalue weighted by Crippen LogP contribution is 2.36. The van der Waals surface area contributed by atoms with E-state index in [1.807, 2.05) is 47.1 Å². The van der Waals surface area contributed by atoms with E-state index in [2.05, 4.69) is 36.4 Å². The monoisotopic (exact) mass is 768 g/mol. The molecule has 0 aliphatic carbocycles. The quantitative estimate of drug-likeness (QED) is 0.220. The maximum atomic E-state index is 14.1. The summed E-state index contributed by atoms with van der Waals surface area (Å²) >= 11 is 0. The van der Waals surface area contributed by atoms with E-state index in [0.29, 0.717) is 17.6 Å². The van der Waals surface area contributed by atoms with Gasteiger partial charge in [-0.2, -0.15) is 0 Å². The van der Waals surface area contributed by atoms with Crippen molar-refractivity contribution in [2.45, 2.75) is 62.7 Å². The molecule has 2 N–H and O–H groups in total. The predicted octanol–water partition coefficient (Wildman–Crippen LogP) is 4.12. The van der Waals surface area contributed by atoms with Gasteiger partial charge in [0.1, 0.15) is 29.2 Å². The van der Waals surface area contributed by atoms with Gasteiger partial charge in [0.25, 0.3) is 11.8 Å². The van der Waals surface area contributed by atoms with Crippen molar-refractivity contribution in [2.75, 3.05) is 47.4 Å². The van der Waals surface area contributed by atoms with Crippen LogP contribution in [0.25, 0.3) is 17.0 Å². The van der Waals surface area contributed by atoms with Gasteiger partial charge in [-0.05, 0) is 92.3 Å². The maximum absolute atomic E-state index is 14.1. The van der Waals surface area contributed by atoms with Gasteiger partial charge in [-0.1, -0.05) is 18.2 Å². The molecule has 5 aliphatic heterocycles. The van der Waals surface area contributed by atoms with Crippen LogP contribution in [0.3, 0.4) is 0 Å². The molecule has 0 bridgehead atoms. The first-order valence-electron chi connectivity index (χ1n) is 19.7. The zero-order valence-electron chi connectivity index (χ0n) is 31.2. The van der Waals surface area contributed by atoms with Crippen LogP contribution in [0.15, 0.2) is 79.0 Å². The molecule has 10 rings (SSSR count). The molecule has 4 amide bonds. The molecule has 57 heavy (non-hydrogen) atoms. The van der Waals surface area contributed by atoms with Crippen LogP contribution in [-0.2, 0) is 9.59 Å². The minimum atomic E-state index is -0.977. The number of carbonyl (C=O) groups excluding carboxylic acids is 4. The van der Waals surface area contributed by atoms with Crippen LogP contribution in [0.1, 0.15) is 70.8 Å². The second-order valence-electron chi connectivity index (χ2n) is 15.6. The number of hydrogen-bond acceptors (Lipinski definition) is 11. The number of hydrogen-bond donors (Lipinski definition) is 2. The van der Waals surface area contributed by atoms with Gasteiger partial charge >= 0.3 is 0 Å². The van der Waals surface area contributed by atoms with Crippen LogP contribution in [0.5, 0.6) is 0 Å². The first-order valence-corrected chi connectivity index (χ1v) is 19.7. The molecule has 4 fully saturated rings. The fourth-order valence-corrected chi connectivity index (χ4v) is 9.09. The van der Waals surface area contributed by atoms with E-state index in [1.54, 1.807) is 24.3 Å². The Balaban J connectivity index is 0.755. The van der Waals surface area contributed by atoms with Gasteiger partial charge in [-0.3, -0.25) is 29.4 Å². The number of carbonyl (C=O) groups is 4. The van der Waals surface area contributed by atoms with Crippen molar-refractivity contribution in [3.8, 4) is 11.4 Å². The van der Waals surface area contributed by atoms with Crippen LogP contribution in [-0.4, -0.2) is 99.0 Å². The zero-order valence-corrected chi connectivity index (χ0v) is 31.2. The van der Waals surface area contributed by atoms with Gasteiger partial charge in [0.2, 0.25) is 11.8 Å². The highest BCUT2D eigenvalue weighted by atomic mass is 19.1. The van der Waals surface area contributed by atoms with Gasteiger partial charge in [0, 0.05) is 56.9 Å². The number of amides is 4. The van der Waals surface area contributed by atoms with Gasteiger partial charge < -0.3 is 20.0 Å². The van der Waals surface area contributed by atoms with Crippen LogP contribution in [0.2, 0.25) is 0 Å². The fourth-order valence-electron chi connectivity index (χ4n) is 9.09. The van der Waals surface area contributed by atoms with E-state index in [0.717, 1.165) is 103 Å². The normalized spacial score (nSPS) is 21.8. The number of fused-ring (bicyclic) bond motifs is 2. The molecule has 2 aromatic carbocycles. The van der Waals surface area contributed by atoms with Gasteiger partial charge in [0.15, 0.2) is 5.65 Å². The average Bonchev–Trinajstić information content (AvgIpc) is 3.93. The molecule has 15 heteroatoms. The van der Waals surface area contributed by atoms with Crippen molar-refractivity contribution in [1.82, 2.24) is 35.1 Å². The first-order chi connectivity index (χ1) is 27.8. The molecular formula is C42H41FN10O4. The third-order valence-electron chi connectivity index (χ3n) is 12.1. The number of pyridine rings is 1. The summed E-state index contributed by atoms with van der Waals surface area (Å²) in [5.41, 5.74) is 4.74. The Morgan fingerprint density at radius 2 is 1.58 bits per heavy atom. The highest BCUT2D eigenvalue weighted by molar-refractivity contribution is 6.23. The summed E-state index contributed by atoms with van der Waals surface area (Å²) in [6.45, 7) is 4.12. The molecule has 0 radical (unpaired) electrons. The van der Waals surface area contributed by atoms with Crippen LogP contribution < -0.4 is 25.3 Å². The zero-order chi connectivity index (χ0) is 38.8. The molecule has 14 nitrogen and oxygen atoms in total. The minimum absolute atomic E-state index is 0.0612. The van der Waals surface area contributed by atoms with E-state index in [1.165, 1.54) is 6.07 Å². The molecule has 2 unspecified atom stereocenters. The molecule has 0 spiro atoms. The molecule has 8 heterocycles. The van der Waals surface area contributed by atoms with Gasteiger partial charge in [0.05, 0.1) is 29.1 Å². The topological polar surface area (TPSA) is 148 Å². The van der Waals surface area contributed by atoms with Crippen LogP contribution in [0, 0.1) is 5.82 Å². The third-order valence-corrected chi connectivity index (χ3v) is 12.1. The van der Waals surface area contributed by atoms with E-state index >= 15 is 0 Å². The van der Waals surface area contributed by atoms with Crippen molar-refractivity contribution in [3.63, 3.8) is 0 Å². The van der Waals surface area contributed by atoms with Gasteiger partial charge in [-0.15, -0.1) is 5.10 Å². The summed E-state index contributed by atoms with van der Waals surface area (Å²) in [4.78, 5) is 67.9. The summed E-state index contributed by atoms with van der Waals surface area (Å²) in [7, 11) is 0. The lowest BCUT2D eigenvalue weighted by atomic mass is 10.00. The molecule has 5 aliphatic rings. The van der Waals surface area contributed by atoms with E-state index in [-0.39, 0.29) is 30.3 Å². The largest absolute Gasteiger partial charge is 0.368 e. The number of piperidine rings is 2. The Kier molecular flexibility index (Phi) is 8.69. The summed E-state index contributed by atoms with van der Waals surface area (Å²) in [6, 6.07) is 21.9. The van der Waals surface area contributed by atoms with Gasteiger partial charge in [-0.25, -0.2) is 18.9 Å². The van der Waals surface area contributed by atoms with E-state index in [9.17, 15) is 23.6 Å². The number of rotatable bonds is 8. The van der Waals surface area contributed by atoms with Crippen molar-refractivity contribution >= 4 is 46.6 Å². The van der Waals surface area contributed by atoms with Crippen molar-refractivity contribution < 1.29 is 23.6 Å². The smallest absolute Gasteiger partial charge is 0.262 e. The second-order valence-corrected chi connectivity index (χ2v) is 15.6. The molecule has 5 aromatic rings. The van der Waals surface area contributed by atoms with E-state index < -0.39 is 29.7 Å². The molecule has 4 saturated heterocycles. The second kappa shape index (κ2) is 14.1. The Labute approximate surface area is 327 Å². The van der Waals surface area contributed by atoms with Crippen molar-refractivity contribution in [2.24, 2.45) is 0 Å². The number of aromatic nitrogens is 4. The average molecular weight is 769 g/mol. The number of benzene rings is 2. The number of imidazole rings is 1. The molecular weight excluding hydrogens is 728 g/mol. The lowest BCUT2D eigenvalue weighted by Crippen LogP contribution is -2.61. The van der Waals surface area contributed by atoms with E-state index in [4.69, 9.17) is 10.1 Å². The van der Waals surface area contributed by atoms with Crippen molar-refractivity contribution in [3.05, 3.63) is 102 Å². The molecule has 290 valence electrons. The predicted molar refractivity (Wildman–Crippen MR) is 209 cm³/mol. The lowest BCUT2D eigenvalue weighted by molar-refractivity contribution is -0.136. The third kappa shape index (κ3) is 6.35. The standard InChI is InChI=1S/C42H41FN10O4/c43-26-5-1-4-25(20-26)33-7-3-17-51(33)38-13-12-36-44-22-35(53(36)48-38)32-6-2-8-37(46-32)49-18-15-27(16-19-49)45-28-23-50(24-28)29-9-10-30-31(21-29)42(57)52(41(30)56)34-11-14-39(54)47-40(34)55/h1-2,4-6,8-10,12-13,20-22,27-28,33-34,45H,3,7,11,14-19,23-24H2,(H,47,54,55). The number of imide groups is 2. The Morgan fingerprint density at radius 1 is 0.754 bits per heavy atom. The number of anilines is 3. The summed E-state index contributed by atoms with van der Waals surface area (Å²) in [5, 5.41) is 11.1. The van der Waals surface area contributed by atoms with Crippen LogP contribution >= 0.6 is 0 Å². The molecule has 3 aromatic heterocycles. The molecule has 2 atom stereocenters. The SMILES string of the molecule is O=C1CCC(N2C(=O)c3ccc(N4CC(NC5CCN(c6cccc(-c7cnc8ccc(N9CCCC9c9cccc(F)c9)nn78)n6)CC5)C4)cc3C2=O)C(=O)N1.